The minimum atomic E-state index is -0.436. The molecular weight excluding hydrogens is 587 g/mol. The molecule has 0 fully saturated rings. The van der Waals surface area contributed by atoms with Gasteiger partial charge in [-0.15, -0.1) is 23.1 Å². The number of hydrogen-bond donors (Lipinski definition) is 4. The molecule has 2 amide bonds. The van der Waals surface area contributed by atoms with Crippen LogP contribution in [0.15, 0.2) is 83.8 Å². The highest BCUT2D eigenvalue weighted by atomic mass is 32.2. The van der Waals surface area contributed by atoms with Crippen LogP contribution < -0.4 is 26.0 Å². The number of benzene rings is 3. The second-order valence-electron chi connectivity index (χ2n) is 9.00. The zero-order chi connectivity index (χ0) is 30.1. The van der Waals surface area contributed by atoms with Gasteiger partial charge in [-0.2, -0.15) is 5.26 Å². The first-order chi connectivity index (χ1) is 20.3. The third-order valence-electron chi connectivity index (χ3n) is 6.12. The number of thiocarbonyl (C=S) groups is 1. The van der Waals surface area contributed by atoms with E-state index in [1.807, 2.05) is 73.7 Å². The summed E-state index contributed by atoms with van der Waals surface area (Å²) in [6.07, 6.45) is 0.551. The first-order valence-corrected chi connectivity index (χ1v) is 15.1. The van der Waals surface area contributed by atoms with E-state index >= 15 is 0 Å². The van der Waals surface area contributed by atoms with Gasteiger partial charge in [0.05, 0.1) is 28.5 Å². The number of rotatable bonds is 10. The molecule has 0 radical (unpaired) electrons. The number of para-hydroxylation sites is 3. The molecular formula is C31H29N5O3S3. The van der Waals surface area contributed by atoms with Gasteiger partial charge in [0.2, 0.25) is 5.91 Å². The van der Waals surface area contributed by atoms with Crippen molar-refractivity contribution in [2.45, 2.75) is 30.4 Å². The topological polar surface area (TPSA) is 115 Å². The van der Waals surface area contributed by atoms with Gasteiger partial charge in [-0.3, -0.25) is 9.59 Å². The lowest BCUT2D eigenvalue weighted by Gasteiger charge is -2.16. The van der Waals surface area contributed by atoms with Gasteiger partial charge in [-0.1, -0.05) is 43.3 Å². The van der Waals surface area contributed by atoms with Crippen LogP contribution in [0, 0.1) is 18.3 Å². The van der Waals surface area contributed by atoms with Crippen LogP contribution in [0.2, 0.25) is 0 Å². The number of carbonyl (C=O) groups excluding carboxylic acids is 2. The lowest BCUT2D eigenvalue weighted by molar-refractivity contribution is -0.115. The van der Waals surface area contributed by atoms with Crippen LogP contribution in [-0.4, -0.2) is 29.3 Å². The van der Waals surface area contributed by atoms with Crippen LogP contribution in [0.5, 0.6) is 5.75 Å². The highest BCUT2D eigenvalue weighted by Gasteiger charge is 2.25. The number of nitrogens with one attached hydrogen (secondary N) is 4. The van der Waals surface area contributed by atoms with Crippen molar-refractivity contribution in [3.63, 3.8) is 0 Å². The number of ether oxygens (including phenoxy) is 1. The quantitative estimate of drug-likeness (QED) is 0.107. The second kappa shape index (κ2) is 14.5. The van der Waals surface area contributed by atoms with Gasteiger partial charge in [0.25, 0.3) is 5.91 Å². The van der Waals surface area contributed by atoms with Gasteiger partial charge in [0.1, 0.15) is 16.8 Å². The van der Waals surface area contributed by atoms with Gasteiger partial charge in [-0.05, 0) is 73.6 Å². The molecule has 4 aromatic rings. The average Bonchev–Trinajstić information content (AvgIpc) is 3.31. The van der Waals surface area contributed by atoms with E-state index in [4.69, 9.17) is 17.0 Å². The Hall–Kier alpha value is -4.37. The van der Waals surface area contributed by atoms with E-state index < -0.39 is 5.25 Å². The van der Waals surface area contributed by atoms with Crippen molar-refractivity contribution in [3.8, 4) is 11.8 Å². The lowest BCUT2D eigenvalue weighted by Crippen LogP contribution is -2.24. The maximum Gasteiger partial charge on any atom is 0.266 e. The van der Waals surface area contributed by atoms with Crippen LogP contribution in [0.3, 0.4) is 0 Å². The minimum absolute atomic E-state index is 0.248. The van der Waals surface area contributed by atoms with E-state index in [1.54, 1.807) is 26.2 Å². The van der Waals surface area contributed by atoms with Gasteiger partial charge >= 0.3 is 0 Å². The Balaban J connectivity index is 1.42. The van der Waals surface area contributed by atoms with E-state index in [1.165, 1.54) is 11.8 Å². The zero-order valence-corrected chi connectivity index (χ0v) is 25.6. The molecule has 8 nitrogen and oxygen atoms in total. The predicted molar refractivity (Wildman–Crippen MR) is 176 cm³/mol. The van der Waals surface area contributed by atoms with E-state index in [9.17, 15) is 14.9 Å². The number of thiophene rings is 1. The first-order valence-electron chi connectivity index (χ1n) is 13.0. The molecule has 0 aliphatic carbocycles. The monoisotopic (exact) mass is 615 g/mol. The summed E-state index contributed by atoms with van der Waals surface area (Å²) in [5.41, 5.74) is 2.97. The SMILES string of the molecule is CCC(Sc1cccc(NC(=S)Nc2ccccc2OC)c1)C(=O)Nc1sc(C(=O)Nc2ccccc2)c(C)c1C#N. The third kappa shape index (κ3) is 7.67. The Morgan fingerprint density at radius 1 is 0.976 bits per heavy atom. The molecule has 1 heterocycles. The number of nitriles is 1. The van der Waals surface area contributed by atoms with E-state index in [-0.39, 0.29) is 17.4 Å². The summed E-state index contributed by atoms with van der Waals surface area (Å²) < 4.78 is 5.37. The smallest absolute Gasteiger partial charge is 0.266 e. The van der Waals surface area contributed by atoms with E-state index in [0.717, 1.165) is 27.6 Å². The van der Waals surface area contributed by atoms with Crippen LogP contribution in [0.25, 0.3) is 0 Å². The van der Waals surface area contributed by atoms with Crippen molar-refractivity contribution in [2.24, 2.45) is 0 Å². The molecule has 0 aliphatic rings. The molecule has 0 bridgehead atoms. The van der Waals surface area contributed by atoms with Gasteiger partial charge in [-0.25, -0.2) is 0 Å². The summed E-state index contributed by atoms with van der Waals surface area (Å²) in [5, 5.41) is 22.2. The molecule has 42 heavy (non-hydrogen) atoms. The average molecular weight is 616 g/mol. The largest absolute Gasteiger partial charge is 0.495 e. The normalized spacial score (nSPS) is 11.1. The van der Waals surface area contributed by atoms with Crippen LogP contribution in [-0.2, 0) is 4.79 Å². The number of nitrogens with zero attached hydrogens (tertiary/aromatic N) is 1. The summed E-state index contributed by atoms with van der Waals surface area (Å²) in [6, 6.07) is 26.3. The molecule has 0 saturated carbocycles. The fourth-order valence-electron chi connectivity index (χ4n) is 4.02. The van der Waals surface area contributed by atoms with Crippen molar-refractivity contribution < 1.29 is 14.3 Å². The van der Waals surface area contributed by atoms with Gasteiger partial charge < -0.3 is 26.0 Å². The molecule has 0 saturated heterocycles. The Morgan fingerprint density at radius 3 is 2.40 bits per heavy atom. The number of hydrogen-bond acceptors (Lipinski definition) is 7. The third-order valence-corrected chi connectivity index (χ3v) is 8.89. The zero-order valence-electron chi connectivity index (χ0n) is 23.2. The summed E-state index contributed by atoms with van der Waals surface area (Å²) in [7, 11) is 1.60. The Morgan fingerprint density at radius 2 is 1.69 bits per heavy atom. The van der Waals surface area contributed by atoms with Crippen molar-refractivity contribution >= 4 is 74.3 Å². The fraction of sp³-hybridized carbons (Fsp3) is 0.161. The Bertz CT molecular complexity index is 1630. The summed E-state index contributed by atoms with van der Waals surface area (Å²) in [4.78, 5) is 27.5. The van der Waals surface area contributed by atoms with E-state index in [2.05, 4.69) is 27.3 Å². The highest BCUT2D eigenvalue weighted by molar-refractivity contribution is 8.00. The van der Waals surface area contributed by atoms with Crippen molar-refractivity contribution in [1.82, 2.24) is 0 Å². The van der Waals surface area contributed by atoms with Gasteiger partial charge in [0, 0.05) is 16.3 Å². The van der Waals surface area contributed by atoms with Crippen molar-refractivity contribution in [3.05, 3.63) is 94.9 Å². The van der Waals surface area contributed by atoms with Crippen LogP contribution in [0.4, 0.5) is 22.1 Å². The number of methoxy groups -OCH3 is 1. The minimum Gasteiger partial charge on any atom is -0.495 e. The summed E-state index contributed by atoms with van der Waals surface area (Å²) >= 11 is 7.99. The fourth-order valence-corrected chi connectivity index (χ4v) is 6.32. The molecule has 3 aromatic carbocycles. The summed E-state index contributed by atoms with van der Waals surface area (Å²) in [5.74, 6) is 0.0960. The maximum atomic E-state index is 13.3. The van der Waals surface area contributed by atoms with Crippen molar-refractivity contribution in [2.75, 3.05) is 28.4 Å². The molecule has 4 rings (SSSR count). The molecule has 11 heteroatoms. The molecule has 0 spiro atoms. The van der Waals surface area contributed by atoms with E-state index in [0.29, 0.717) is 38.4 Å². The second-order valence-corrected chi connectivity index (χ2v) is 11.7. The maximum absolute atomic E-state index is 13.3. The number of thioether (sulfide) groups is 1. The van der Waals surface area contributed by atoms with Gasteiger partial charge in [0.15, 0.2) is 5.11 Å². The van der Waals surface area contributed by atoms with Crippen LogP contribution in [0.1, 0.15) is 34.1 Å². The molecule has 214 valence electrons. The number of anilines is 4. The first kappa shape index (κ1) is 30.6. The molecule has 4 N–H and O–H groups in total. The molecule has 1 atom stereocenters. The standard InChI is InChI=1S/C31H29N5O3S3/c1-4-26(41-22-14-10-13-21(17-22)34-31(40)35-24-15-8-9-16-25(24)39-3)28(37)36-30-23(18-32)19(2)27(42-30)29(38)33-20-11-6-5-7-12-20/h5-17,26H,4H2,1-3H3,(H,33,38)(H,36,37)(H2,34,35,40). The molecule has 0 aliphatic heterocycles. The Labute approximate surface area is 258 Å². The van der Waals surface area contributed by atoms with Crippen molar-refractivity contribution in [1.29, 1.82) is 5.26 Å². The highest BCUT2D eigenvalue weighted by Crippen LogP contribution is 2.35. The Kier molecular flexibility index (Phi) is 10.6. The molecule has 1 aromatic heterocycles. The number of amides is 2. The number of carbonyl (C=O) groups is 2. The lowest BCUT2D eigenvalue weighted by atomic mass is 10.1. The predicted octanol–water partition coefficient (Wildman–Crippen LogP) is 7.51. The summed E-state index contributed by atoms with van der Waals surface area (Å²) in [6.45, 7) is 3.64. The molecule has 1 unspecified atom stereocenters. The van der Waals surface area contributed by atoms with Crippen LogP contribution >= 0.6 is 35.3 Å².